The fourth-order valence-electron chi connectivity index (χ4n) is 3.08. The first-order valence-electron chi connectivity index (χ1n) is 10.5. The Hall–Kier alpha value is -3.32. The molecule has 7 nitrogen and oxygen atoms in total. The largest absolute Gasteiger partial charge is 0.491 e. The lowest BCUT2D eigenvalue weighted by Gasteiger charge is -2.19. The van der Waals surface area contributed by atoms with Crippen LogP contribution in [-0.4, -0.2) is 37.0 Å². The van der Waals surface area contributed by atoms with Gasteiger partial charge in [-0.15, -0.1) is 0 Å². The number of carbonyl (C=O) groups excluding carboxylic acids is 1. The Labute approximate surface area is 186 Å². The maximum absolute atomic E-state index is 12.5. The van der Waals surface area contributed by atoms with Gasteiger partial charge < -0.3 is 23.7 Å². The molecule has 0 aliphatic heterocycles. The smallest absolute Gasteiger partial charge is 0.374 e. The zero-order chi connectivity index (χ0) is 23.3. The number of fused-ring (bicyclic) bond motifs is 1. The molecule has 0 saturated carbocycles. The van der Waals surface area contributed by atoms with E-state index in [4.69, 9.17) is 18.6 Å². The van der Waals surface area contributed by atoms with Gasteiger partial charge in [-0.2, -0.15) is 0 Å². The van der Waals surface area contributed by atoms with Gasteiger partial charge in [0.25, 0.3) is 0 Å². The summed E-state index contributed by atoms with van der Waals surface area (Å²) >= 11 is 0. The molecule has 1 aromatic heterocycles. The van der Waals surface area contributed by atoms with Crippen LogP contribution in [0.5, 0.6) is 11.5 Å². The van der Waals surface area contributed by atoms with E-state index in [9.17, 15) is 14.7 Å². The lowest BCUT2D eigenvalue weighted by atomic mass is 9.87. The zero-order valence-corrected chi connectivity index (χ0v) is 18.7. The van der Waals surface area contributed by atoms with Crippen LogP contribution in [0.15, 0.2) is 57.7 Å². The van der Waals surface area contributed by atoms with Crippen molar-refractivity contribution in [2.75, 3.05) is 19.8 Å². The van der Waals surface area contributed by atoms with Gasteiger partial charge in [0, 0.05) is 6.07 Å². The summed E-state index contributed by atoms with van der Waals surface area (Å²) in [6.07, 6.45) is -0.918. The average molecular weight is 440 g/mol. The molecule has 0 amide bonds. The van der Waals surface area contributed by atoms with Crippen molar-refractivity contribution in [2.24, 2.45) is 0 Å². The first kappa shape index (κ1) is 23.3. The van der Waals surface area contributed by atoms with Crippen LogP contribution < -0.4 is 14.9 Å². The van der Waals surface area contributed by atoms with Crippen LogP contribution in [0.2, 0.25) is 0 Å². The van der Waals surface area contributed by atoms with Gasteiger partial charge in [-0.05, 0) is 42.2 Å². The van der Waals surface area contributed by atoms with Crippen molar-refractivity contribution in [3.05, 3.63) is 70.1 Å². The van der Waals surface area contributed by atoms with E-state index in [0.717, 1.165) is 6.07 Å². The van der Waals surface area contributed by atoms with E-state index in [1.807, 2.05) is 24.3 Å². The van der Waals surface area contributed by atoms with E-state index in [0.29, 0.717) is 5.75 Å². The molecule has 0 aliphatic rings. The molecule has 0 bridgehead atoms. The van der Waals surface area contributed by atoms with Gasteiger partial charge >= 0.3 is 5.97 Å². The number of esters is 1. The van der Waals surface area contributed by atoms with Crippen LogP contribution in [0.25, 0.3) is 11.0 Å². The highest BCUT2D eigenvalue weighted by Gasteiger charge is 2.17. The van der Waals surface area contributed by atoms with Gasteiger partial charge in [0.2, 0.25) is 5.76 Å². The molecule has 3 aromatic rings. The minimum atomic E-state index is -0.918. The van der Waals surface area contributed by atoms with Gasteiger partial charge in [-0.3, -0.25) is 4.79 Å². The third-order valence-electron chi connectivity index (χ3n) is 4.79. The number of hydrogen-bond acceptors (Lipinski definition) is 7. The number of ether oxygens (including phenoxy) is 3. The van der Waals surface area contributed by atoms with Crippen LogP contribution in [-0.2, 0) is 10.2 Å². The molecule has 3 rings (SSSR count). The molecule has 2 aromatic carbocycles. The molecule has 1 heterocycles. The maximum Gasteiger partial charge on any atom is 0.374 e. The van der Waals surface area contributed by atoms with E-state index < -0.39 is 17.5 Å². The highest BCUT2D eigenvalue weighted by Crippen LogP contribution is 2.25. The molecule has 1 unspecified atom stereocenters. The van der Waals surface area contributed by atoms with E-state index >= 15 is 0 Å². The third kappa shape index (κ3) is 5.68. The second kappa shape index (κ2) is 9.87. The van der Waals surface area contributed by atoms with Crippen molar-refractivity contribution >= 4 is 16.9 Å². The fourth-order valence-corrected chi connectivity index (χ4v) is 3.08. The van der Waals surface area contributed by atoms with Crippen LogP contribution in [0, 0.1) is 0 Å². The Balaban J connectivity index is 1.64. The minimum Gasteiger partial charge on any atom is -0.491 e. The van der Waals surface area contributed by atoms with Crippen molar-refractivity contribution in [3.8, 4) is 11.5 Å². The lowest BCUT2D eigenvalue weighted by molar-refractivity contribution is 0.0490. The summed E-state index contributed by atoms with van der Waals surface area (Å²) in [5.41, 5.74) is 1.00. The molecule has 0 radical (unpaired) electrons. The molecule has 0 aliphatic carbocycles. The predicted molar refractivity (Wildman–Crippen MR) is 121 cm³/mol. The first-order valence-corrected chi connectivity index (χ1v) is 10.5. The molecule has 1 N–H and O–H groups in total. The van der Waals surface area contributed by atoms with E-state index in [1.165, 1.54) is 5.56 Å². The monoisotopic (exact) mass is 440 g/mol. The molecule has 0 spiro atoms. The normalized spacial score (nSPS) is 12.4. The van der Waals surface area contributed by atoms with Crippen molar-refractivity contribution in [1.29, 1.82) is 0 Å². The number of carbonyl (C=O) groups is 1. The molecule has 1 atom stereocenters. The lowest BCUT2D eigenvalue weighted by Crippen LogP contribution is -2.25. The Morgan fingerprint density at radius 3 is 2.41 bits per heavy atom. The van der Waals surface area contributed by atoms with E-state index in [-0.39, 0.29) is 47.7 Å². The highest BCUT2D eigenvalue weighted by atomic mass is 16.5. The van der Waals surface area contributed by atoms with Gasteiger partial charge in [-0.1, -0.05) is 39.0 Å². The number of benzene rings is 2. The Bertz CT molecular complexity index is 1120. The number of aliphatic hydroxyl groups excluding tert-OH is 1. The molecular formula is C25H28O7. The van der Waals surface area contributed by atoms with Crippen LogP contribution in [0.4, 0.5) is 0 Å². The van der Waals surface area contributed by atoms with E-state index in [1.54, 1.807) is 25.1 Å². The predicted octanol–water partition coefficient (Wildman–Crippen LogP) is 4.09. The Morgan fingerprint density at radius 2 is 1.75 bits per heavy atom. The van der Waals surface area contributed by atoms with Crippen LogP contribution in [0.3, 0.4) is 0 Å². The summed E-state index contributed by atoms with van der Waals surface area (Å²) in [6.45, 7) is 8.18. The summed E-state index contributed by atoms with van der Waals surface area (Å²) in [7, 11) is 0. The van der Waals surface area contributed by atoms with Gasteiger partial charge in [-0.25, -0.2) is 4.79 Å². The highest BCUT2D eigenvalue weighted by molar-refractivity contribution is 5.90. The van der Waals surface area contributed by atoms with Crippen molar-refractivity contribution in [1.82, 2.24) is 0 Å². The summed E-state index contributed by atoms with van der Waals surface area (Å²) in [4.78, 5) is 24.4. The Morgan fingerprint density at radius 1 is 1.06 bits per heavy atom. The van der Waals surface area contributed by atoms with Crippen molar-refractivity contribution < 1.29 is 28.5 Å². The van der Waals surface area contributed by atoms with Gasteiger partial charge in [0.15, 0.2) is 5.43 Å². The van der Waals surface area contributed by atoms with Crippen molar-refractivity contribution in [2.45, 2.75) is 39.2 Å². The van der Waals surface area contributed by atoms with Crippen molar-refractivity contribution in [3.63, 3.8) is 0 Å². The second-order valence-electron chi connectivity index (χ2n) is 8.37. The number of aliphatic hydroxyl groups is 1. The Kier molecular flexibility index (Phi) is 7.20. The fraction of sp³-hybridized carbons (Fsp3) is 0.360. The minimum absolute atomic E-state index is 0.0290. The number of hydrogen-bond donors (Lipinski definition) is 1. The van der Waals surface area contributed by atoms with E-state index in [2.05, 4.69) is 20.8 Å². The van der Waals surface area contributed by atoms with Crippen LogP contribution >= 0.6 is 0 Å². The summed E-state index contributed by atoms with van der Waals surface area (Å²) in [5.74, 6) is 0.0166. The SMILES string of the molecule is CCOC(=O)c1cc(=O)c2c(OCC(O)COc3ccc(C(C)(C)C)cc3)cccc2o1. The number of rotatable bonds is 8. The standard InChI is InChI=1S/C25H28O7/c1-5-29-24(28)22-13-19(27)23-20(7-6-8-21(23)32-22)31-15-17(26)14-30-18-11-9-16(10-12-18)25(2,3)4/h6-13,17,26H,5,14-15H2,1-4H3. The second-order valence-corrected chi connectivity index (χ2v) is 8.37. The quantitative estimate of drug-likeness (QED) is 0.527. The molecule has 0 fully saturated rings. The average Bonchev–Trinajstić information content (AvgIpc) is 2.75. The van der Waals surface area contributed by atoms with Crippen LogP contribution in [0.1, 0.15) is 43.8 Å². The third-order valence-corrected chi connectivity index (χ3v) is 4.79. The first-order chi connectivity index (χ1) is 15.2. The van der Waals surface area contributed by atoms with Gasteiger partial charge in [0.1, 0.15) is 41.8 Å². The molecule has 7 heteroatoms. The van der Waals surface area contributed by atoms with Gasteiger partial charge in [0.05, 0.1) is 6.61 Å². The molecular weight excluding hydrogens is 412 g/mol. The summed E-state index contributed by atoms with van der Waals surface area (Å²) < 4.78 is 21.7. The maximum atomic E-state index is 12.5. The summed E-state index contributed by atoms with van der Waals surface area (Å²) in [5, 5.41) is 10.4. The molecule has 170 valence electrons. The topological polar surface area (TPSA) is 95.2 Å². The molecule has 0 saturated heterocycles. The molecule has 32 heavy (non-hydrogen) atoms. The summed E-state index contributed by atoms with van der Waals surface area (Å²) in [6, 6.07) is 13.6. The zero-order valence-electron chi connectivity index (χ0n) is 18.7.